The van der Waals surface area contributed by atoms with Crippen molar-refractivity contribution in [1.82, 2.24) is 0 Å². The van der Waals surface area contributed by atoms with Crippen molar-refractivity contribution in [2.24, 2.45) is 4.99 Å². The lowest BCUT2D eigenvalue weighted by molar-refractivity contribution is 0.629. The zero-order chi connectivity index (χ0) is 8.27. The molecule has 0 saturated carbocycles. The summed E-state index contributed by atoms with van der Waals surface area (Å²) in [4.78, 5) is 3.61. The minimum atomic E-state index is -0.332. The molecule has 2 heteroatoms. The maximum absolute atomic E-state index is 12.9. The fourth-order valence-corrected chi connectivity index (χ4v) is 0.788. The first-order chi connectivity index (χ1) is 5.24. The van der Waals surface area contributed by atoms with Crippen LogP contribution in [0.15, 0.2) is 29.8 Å². The lowest BCUT2D eigenvalue weighted by atomic mass is 10.2. The van der Waals surface area contributed by atoms with Crippen LogP contribution in [0.25, 0.3) is 0 Å². The summed E-state index contributed by atoms with van der Waals surface area (Å²) >= 11 is 0. The third-order valence-corrected chi connectivity index (χ3v) is 1.30. The summed E-state index contributed by atoms with van der Waals surface area (Å²) < 4.78 is 12.9. The van der Waals surface area contributed by atoms with Crippen LogP contribution in [0.5, 0.6) is 0 Å². The van der Waals surface area contributed by atoms with E-state index in [1.807, 2.05) is 6.92 Å². The van der Waals surface area contributed by atoms with E-state index in [0.29, 0.717) is 0 Å². The Bertz CT molecular complexity index is 311. The van der Waals surface area contributed by atoms with Crippen LogP contribution in [-0.2, 0) is 0 Å². The molecule has 0 spiro atoms. The van der Waals surface area contributed by atoms with Gasteiger partial charge >= 0.3 is 0 Å². The molecular formula is C9H8FN. The van der Waals surface area contributed by atoms with Gasteiger partial charge in [-0.25, -0.2) is 9.38 Å². The van der Waals surface area contributed by atoms with E-state index in [9.17, 15) is 4.39 Å². The number of benzene rings is 1. The molecule has 0 bridgehead atoms. The number of halogens is 1. The Morgan fingerprint density at radius 3 is 2.82 bits per heavy atom. The highest BCUT2D eigenvalue weighted by atomic mass is 19.1. The van der Waals surface area contributed by atoms with Crippen LogP contribution in [0.2, 0.25) is 0 Å². The standard InChI is InChI=1S/C9H8FN/c1-3-11-9-5-4-7(2)6-8(9)10/h4-6H,1H2,2H3. The van der Waals surface area contributed by atoms with Crippen LogP contribution in [-0.4, -0.2) is 5.87 Å². The number of rotatable bonds is 1. The van der Waals surface area contributed by atoms with Gasteiger partial charge in [-0.3, -0.25) is 0 Å². The number of aliphatic imine (C=N–C) groups is 1. The second-order valence-electron chi connectivity index (χ2n) is 2.22. The van der Waals surface area contributed by atoms with Crippen LogP contribution in [0.1, 0.15) is 5.56 Å². The van der Waals surface area contributed by atoms with Crippen LogP contribution in [0.4, 0.5) is 10.1 Å². The highest BCUT2D eigenvalue weighted by molar-refractivity contribution is 5.56. The molecule has 1 aromatic carbocycles. The van der Waals surface area contributed by atoms with Crippen molar-refractivity contribution < 1.29 is 4.39 Å². The number of hydrogen-bond donors (Lipinski definition) is 0. The largest absolute Gasteiger partial charge is 0.205 e. The van der Waals surface area contributed by atoms with E-state index >= 15 is 0 Å². The smallest absolute Gasteiger partial charge is 0.149 e. The average molecular weight is 149 g/mol. The summed E-state index contributed by atoms with van der Waals surface area (Å²) in [6.07, 6.45) is 0. The number of nitrogens with zero attached hydrogens (tertiary/aromatic N) is 1. The molecule has 0 unspecified atom stereocenters. The zero-order valence-electron chi connectivity index (χ0n) is 6.26. The van der Waals surface area contributed by atoms with Crippen molar-refractivity contribution in [3.8, 4) is 0 Å². The number of hydrogen-bond acceptors (Lipinski definition) is 1. The van der Waals surface area contributed by atoms with Gasteiger partial charge in [0, 0.05) is 0 Å². The van der Waals surface area contributed by atoms with Gasteiger partial charge in [0.05, 0.1) is 0 Å². The molecule has 1 nitrogen and oxygen atoms in total. The first-order valence-corrected chi connectivity index (χ1v) is 3.23. The highest BCUT2D eigenvalue weighted by Gasteiger charge is 1.97. The van der Waals surface area contributed by atoms with Gasteiger partial charge in [-0.2, -0.15) is 0 Å². The molecular weight excluding hydrogens is 141 g/mol. The summed E-state index contributed by atoms with van der Waals surface area (Å²) in [5.41, 5.74) is 1.16. The molecule has 0 aliphatic carbocycles. The topological polar surface area (TPSA) is 12.4 Å². The molecule has 0 atom stereocenters. The van der Waals surface area contributed by atoms with Gasteiger partial charge in [-0.1, -0.05) is 6.07 Å². The zero-order valence-corrected chi connectivity index (χ0v) is 6.26. The first-order valence-electron chi connectivity index (χ1n) is 3.23. The normalized spacial score (nSPS) is 8.91. The minimum absolute atomic E-state index is 0.283. The summed E-state index contributed by atoms with van der Waals surface area (Å²) in [6, 6.07) is 4.82. The van der Waals surface area contributed by atoms with E-state index in [2.05, 4.69) is 17.4 Å². The van der Waals surface area contributed by atoms with Crippen LogP contribution in [0, 0.1) is 12.7 Å². The Kier molecular flexibility index (Phi) is 2.19. The second kappa shape index (κ2) is 3.13. The molecule has 0 aliphatic heterocycles. The average Bonchev–Trinajstić information content (AvgIpc) is 1.95. The monoisotopic (exact) mass is 149 g/mol. The van der Waals surface area contributed by atoms with Gasteiger partial charge in [-0.15, -0.1) is 0 Å². The van der Waals surface area contributed by atoms with Crippen molar-refractivity contribution in [2.45, 2.75) is 6.92 Å². The summed E-state index contributed by atoms with van der Waals surface area (Å²) in [6.45, 7) is 5.09. The van der Waals surface area contributed by atoms with Crippen molar-refractivity contribution in [2.75, 3.05) is 0 Å². The van der Waals surface area contributed by atoms with E-state index in [-0.39, 0.29) is 11.5 Å². The third-order valence-electron chi connectivity index (χ3n) is 1.30. The SMILES string of the molecule is C=C=Nc1ccc(C)cc1F. The molecule has 1 aromatic rings. The Hall–Kier alpha value is -1.40. The van der Waals surface area contributed by atoms with E-state index in [1.54, 1.807) is 12.1 Å². The van der Waals surface area contributed by atoms with Gasteiger partial charge in [0.2, 0.25) is 0 Å². The first kappa shape index (κ1) is 7.70. The van der Waals surface area contributed by atoms with E-state index in [0.717, 1.165) is 5.56 Å². The summed E-state index contributed by atoms with van der Waals surface area (Å²) in [5, 5.41) is 0. The van der Waals surface area contributed by atoms with Gasteiger partial charge in [0.15, 0.2) is 0 Å². The van der Waals surface area contributed by atoms with Crippen LogP contribution < -0.4 is 0 Å². The molecule has 56 valence electrons. The lowest BCUT2D eigenvalue weighted by Crippen LogP contribution is -1.77. The predicted octanol–water partition coefficient (Wildman–Crippen LogP) is 2.62. The van der Waals surface area contributed by atoms with Crippen molar-refractivity contribution >= 4 is 11.6 Å². The van der Waals surface area contributed by atoms with Crippen LogP contribution in [0.3, 0.4) is 0 Å². The molecule has 0 fully saturated rings. The number of aryl methyl sites for hydroxylation is 1. The molecule has 1 rings (SSSR count). The fourth-order valence-electron chi connectivity index (χ4n) is 0.788. The molecule has 0 heterocycles. The second-order valence-corrected chi connectivity index (χ2v) is 2.22. The maximum Gasteiger partial charge on any atom is 0.149 e. The highest BCUT2D eigenvalue weighted by Crippen LogP contribution is 2.17. The quantitative estimate of drug-likeness (QED) is 0.544. The van der Waals surface area contributed by atoms with Crippen LogP contribution >= 0.6 is 0 Å². The lowest BCUT2D eigenvalue weighted by Gasteiger charge is -1.94. The van der Waals surface area contributed by atoms with Gasteiger partial charge in [-0.05, 0) is 37.1 Å². The molecule has 11 heavy (non-hydrogen) atoms. The maximum atomic E-state index is 12.9. The molecule has 0 radical (unpaired) electrons. The van der Waals surface area contributed by atoms with Gasteiger partial charge in [0.25, 0.3) is 0 Å². The van der Waals surface area contributed by atoms with Crippen molar-refractivity contribution in [1.29, 1.82) is 0 Å². The fraction of sp³-hybridized carbons (Fsp3) is 0.111. The summed E-state index contributed by atoms with van der Waals surface area (Å²) in [5.74, 6) is 1.95. The Balaban J connectivity index is 3.19. The molecule has 0 aliphatic rings. The summed E-state index contributed by atoms with van der Waals surface area (Å²) in [7, 11) is 0. The third kappa shape index (κ3) is 1.76. The van der Waals surface area contributed by atoms with Crippen molar-refractivity contribution in [3.05, 3.63) is 36.2 Å². The molecule has 0 saturated heterocycles. The Morgan fingerprint density at radius 2 is 2.27 bits per heavy atom. The molecule has 0 amide bonds. The van der Waals surface area contributed by atoms with Crippen molar-refractivity contribution in [3.63, 3.8) is 0 Å². The van der Waals surface area contributed by atoms with Gasteiger partial charge < -0.3 is 0 Å². The van der Waals surface area contributed by atoms with E-state index < -0.39 is 0 Å². The van der Waals surface area contributed by atoms with E-state index in [4.69, 9.17) is 0 Å². The minimum Gasteiger partial charge on any atom is -0.205 e. The van der Waals surface area contributed by atoms with Gasteiger partial charge in [0.1, 0.15) is 11.5 Å². The van der Waals surface area contributed by atoms with E-state index in [1.165, 1.54) is 6.07 Å². The molecule has 0 N–H and O–H groups in total. The Labute approximate surface area is 64.9 Å². The molecule has 0 aromatic heterocycles. The predicted molar refractivity (Wildman–Crippen MR) is 43.9 cm³/mol. The Morgan fingerprint density at radius 1 is 1.55 bits per heavy atom.